The highest BCUT2D eigenvalue weighted by atomic mass is 19.4. The highest BCUT2D eigenvalue weighted by Crippen LogP contribution is 2.34. The van der Waals surface area contributed by atoms with Crippen LogP contribution in [0.2, 0.25) is 0 Å². The predicted octanol–water partition coefficient (Wildman–Crippen LogP) is 7.97. The number of hydrogen-bond acceptors (Lipinski definition) is 1. The second-order valence-electron chi connectivity index (χ2n) is 8.32. The molecule has 0 amide bonds. The fourth-order valence-electron chi connectivity index (χ4n) is 4.11. The topological polar surface area (TPSA) is 9.23 Å². The van der Waals surface area contributed by atoms with Crippen LogP contribution in [0.4, 0.5) is 13.2 Å². The molecule has 1 saturated carbocycles. The molecule has 1 fully saturated rings. The molecule has 28 heavy (non-hydrogen) atoms. The Morgan fingerprint density at radius 3 is 2.07 bits per heavy atom. The molecule has 0 saturated heterocycles. The lowest BCUT2D eigenvalue weighted by Crippen LogP contribution is -2.21. The fourth-order valence-corrected chi connectivity index (χ4v) is 4.11. The summed E-state index contributed by atoms with van der Waals surface area (Å²) in [5.41, 5.74) is 2.04. The molecule has 1 aromatic carbocycles. The second kappa shape index (κ2) is 12.5. The summed E-state index contributed by atoms with van der Waals surface area (Å²) in [7, 11) is 0. The van der Waals surface area contributed by atoms with Crippen LogP contribution in [-0.4, -0.2) is 18.9 Å². The van der Waals surface area contributed by atoms with Crippen LogP contribution in [-0.2, 0) is 11.2 Å². The fraction of sp³-hybridized carbons (Fsp3) is 0.750. The Kier molecular flexibility index (Phi) is 10.4. The molecule has 0 spiro atoms. The molecule has 2 rings (SSSR count). The minimum Gasteiger partial charge on any atom is -0.378 e. The molecule has 1 aliphatic carbocycles. The van der Waals surface area contributed by atoms with Crippen molar-refractivity contribution in [1.82, 2.24) is 0 Å². The van der Waals surface area contributed by atoms with Gasteiger partial charge in [0, 0.05) is 13.0 Å². The van der Waals surface area contributed by atoms with Gasteiger partial charge in [-0.2, -0.15) is 13.2 Å². The van der Waals surface area contributed by atoms with Gasteiger partial charge in [-0.25, -0.2) is 0 Å². The van der Waals surface area contributed by atoms with E-state index in [9.17, 15) is 13.2 Å². The number of unbranched alkanes of at least 4 members (excludes halogenated alkanes) is 6. The van der Waals surface area contributed by atoms with Crippen LogP contribution in [0.5, 0.6) is 0 Å². The lowest BCUT2D eigenvalue weighted by Gasteiger charge is -2.29. The van der Waals surface area contributed by atoms with Crippen molar-refractivity contribution in [3.63, 3.8) is 0 Å². The number of ether oxygens (including phenoxy) is 1. The Hall–Kier alpha value is -1.03. The largest absolute Gasteiger partial charge is 0.389 e. The summed E-state index contributed by atoms with van der Waals surface area (Å²) in [5, 5.41) is 0. The van der Waals surface area contributed by atoms with E-state index < -0.39 is 12.6 Å². The zero-order valence-electron chi connectivity index (χ0n) is 17.4. The average molecular weight is 399 g/mol. The van der Waals surface area contributed by atoms with Crippen molar-refractivity contribution in [1.29, 1.82) is 0 Å². The number of halogens is 3. The van der Waals surface area contributed by atoms with Gasteiger partial charge in [0.2, 0.25) is 0 Å². The van der Waals surface area contributed by atoms with Gasteiger partial charge >= 0.3 is 6.18 Å². The summed E-state index contributed by atoms with van der Waals surface area (Å²) in [5.74, 6) is 0.523. The molecule has 1 nitrogen and oxygen atoms in total. The first-order valence-electron chi connectivity index (χ1n) is 11.2. The minimum atomic E-state index is -4.08. The van der Waals surface area contributed by atoms with E-state index in [4.69, 9.17) is 4.74 Å². The number of hydrogen-bond donors (Lipinski definition) is 0. The lowest BCUT2D eigenvalue weighted by atomic mass is 9.82. The van der Waals surface area contributed by atoms with Gasteiger partial charge in [0.25, 0.3) is 0 Å². The highest BCUT2D eigenvalue weighted by Gasteiger charge is 2.26. The van der Waals surface area contributed by atoms with Crippen molar-refractivity contribution in [3.8, 4) is 0 Å². The molecule has 0 unspecified atom stereocenters. The molecule has 160 valence electrons. The third-order valence-corrected chi connectivity index (χ3v) is 5.92. The van der Waals surface area contributed by atoms with Gasteiger partial charge in [-0.05, 0) is 55.6 Å². The van der Waals surface area contributed by atoms with Crippen molar-refractivity contribution in [2.75, 3.05) is 6.61 Å². The summed E-state index contributed by atoms with van der Waals surface area (Å²) in [4.78, 5) is 0. The van der Waals surface area contributed by atoms with Crippen molar-refractivity contribution >= 4 is 0 Å². The number of alkyl halides is 3. The van der Waals surface area contributed by atoms with E-state index in [0.29, 0.717) is 12.0 Å². The van der Waals surface area contributed by atoms with E-state index in [2.05, 4.69) is 6.92 Å². The minimum absolute atomic E-state index is 0.0724. The van der Waals surface area contributed by atoms with Gasteiger partial charge in [0.05, 0.1) is 6.10 Å². The van der Waals surface area contributed by atoms with Crippen molar-refractivity contribution in [2.45, 2.75) is 109 Å². The quantitative estimate of drug-likeness (QED) is 0.324. The van der Waals surface area contributed by atoms with E-state index in [0.717, 1.165) is 37.9 Å². The Morgan fingerprint density at radius 2 is 1.46 bits per heavy atom. The molecule has 0 radical (unpaired) electrons. The van der Waals surface area contributed by atoms with Crippen LogP contribution in [0, 0.1) is 0 Å². The first-order valence-corrected chi connectivity index (χ1v) is 11.2. The predicted molar refractivity (Wildman–Crippen MR) is 110 cm³/mol. The van der Waals surface area contributed by atoms with E-state index in [1.165, 1.54) is 50.5 Å². The Labute approximate surface area is 169 Å². The van der Waals surface area contributed by atoms with Crippen LogP contribution in [0.1, 0.15) is 101 Å². The standard InChI is InChI=1S/C24H37F3O/c1-2-3-4-5-6-7-8-19-28-23-15-13-22(14-16-23)21-11-9-20(10-12-21)17-18-24(25,26)27/h9-12,22-23H,2-8,13-19H2,1H3. The number of benzene rings is 1. The van der Waals surface area contributed by atoms with Crippen molar-refractivity contribution < 1.29 is 17.9 Å². The molecule has 0 atom stereocenters. The summed E-state index contributed by atoms with van der Waals surface area (Å²) < 4.78 is 43.1. The molecule has 0 aliphatic heterocycles. The van der Waals surface area contributed by atoms with Gasteiger partial charge in [0.15, 0.2) is 0 Å². The third-order valence-electron chi connectivity index (χ3n) is 5.92. The molecular formula is C24H37F3O. The Bertz CT molecular complexity index is 516. The SMILES string of the molecule is CCCCCCCCCOC1CCC(c2ccc(CCC(F)(F)F)cc2)CC1. The monoisotopic (exact) mass is 398 g/mol. The molecule has 1 aliphatic rings. The van der Waals surface area contributed by atoms with Crippen LogP contribution in [0.25, 0.3) is 0 Å². The van der Waals surface area contributed by atoms with Crippen LogP contribution in [0.3, 0.4) is 0 Å². The zero-order valence-corrected chi connectivity index (χ0v) is 17.4. The van der Waals surface area contributed by atoms with Gasteiger partial charge < -0.3 is 4.74 Å². The van der Waals surface area contributed by atoms with Crippen molar-refractivity contribution in [2.24, 2.45) is 0 Å². The van der Waals surface area contributed by atoms with E-state index >= 15 is 0 Å². The van der Waals surface area contributed by atoms with E-state index in [-0.39, 0.29) is 6.42 Å². The number of rotatable bonds is 12. The van der Waals surface area contributed by atoms with Gasteiger partial charge in [-0.15, -0.1) is 0 Å². The molecule has 0 N–H and O–H groups in total. The summed E-state index contributed by atoms with van der Waals surface area (Å²) in [6.45, 7) is 3.13. The van der Waals surface area contributed by atoms with Crippen LogP contribution >= 0.6 is 0 Å². The summed E-state index contributed by atoms with van der Waals surface area (Å²) >= 11 is 0. The maximum absolute atomic E-state index is 12.3. The Morgan fingerprint density at radius 1 is 0.857 bits per heavy atom. The molecule has 0 bridgehead atoms. The average Bonchev–Trinajstić information content (AvgIpc) is 2.69. The normalized spacial score (nSPS) is 20.4. The highest BCUT2D eigenvalue weighted by molar-refractivity contribution is 5.26. The lowest BCUT2D eigenvalue weighted by molar-refractivity contribution is -0.133. The smallest absolute Gasteiger partial charge is 0.378 e. The summed E-state index contributed by atoms with van der Waals surface area (Å²) in [6.07, 6.45) is 9.22. The second-order valence-corrected chi connectivity index (χ2v) is 8.32. The maximum Gasteiger partial charge on any atom is 0.389 e. The summed E-state index contributed by atoms with van der Waals surface area (Å²) in [6, 6.07) is 7.78. The first-order chi connectivity index (χ1) is 13.5. The van der Waals surface area contributed by atoms with E-state index in [1.807, 2.05) is 24.3 Å². The molecule has 0 heterocycles. The zero-order chi connectivity index (χ0) is 20.2. The Balaban J connectivity index is 1.59. The molecule has 4 heteroatoms. The van der Waals surface area contributed by atoms with Gasteiger partial charge in [0.1, 0.15) is 0 Å². The molecule has 0 aromatic heterocycles. The third kappa shape index (κ3) is 9.45. The van der Waals surface area contributed by atoms with Crippen LogP contribution < -0.4 is 0 Å². The molecular weight excluding hydrogens is 361 g/mol. The van der Waals surface area contributed by atoms with Crippen LogP contribution in [0.15, 0.2) is 24.3 Å². The molecule has 1 aromatic rings. The van der Waals surface area contributed by atoms with Crippen molar-refractivity contribution in [3.05, 3.63) is 35.4 Å². The number of aryl methyl sites for hydroxylation is 1. The maximum atomic E-state index is 12.3. The van der Waals surface area contributed by atoms with Gasteiger partial charge in [-0.3, -0.25) is 0 Å². The van der Waals surface area contributed by atoms with E-state index in [1.54, 1.807) is 0 Å². The first kappa shape index (κ1) is 23.3. The van der Waals surface area contributed by atoms with Gasteiger partial charge in [-0.1, -0.05) is 69.7 Å².